The molecule has 0 aliphatic rings. The first-order chi connectivity index (χ1) is 14.6. The van der Waals surface area contributed by atoms with Crippen LogP contribution in [0.25, 0.3) is 16.7 Å². The SMILES string of the molecule is O=C(CSc1nc2ccccc2n1-c1ccccc1)NNC(=O)c1ccccc1F. The van der Waals surface area contributed by atoms with Gasteiger partial charge >= 0.3 is 0 Å². The number of thioether (sulfide) groups is 1. The van der Waals surface area contributed by atoms with Crippen LogP contribution in [0.15, 0.2) is 84.0 Å². The highest BCUT2D eigenvalue weighted by molar-refractivity contribution is 7.99. The number of fused-ring (bicyclic) bond motifs is 1. The van der Waals surface area contributed by atoms with Gasteiger partial charge in [0.05, 0.1) is 22.3 Å². The highest BCUT2D eigenvalue weighted by atomic mass is 32.2. The molecule has 1 aromatic heterocycles. The van der Waals surface area contributed by atoms with Crippen molar-refractivity contribution in [2.45, 2.75) is 5.16 Å². The summed E-state index contributed by atoms with van der Waals surface area (Å²) in [6.45, 7) is 0. The Balaban J connectivity index is 1.45. The van der Waals surface area contributed by atoms with Crippen molar-refractivity contribution in [1.29, 1.82) is 0 Å². The minimum atomic E-state index is -0.719. The maximum absolute atomic E-state index is 13.7. The minimum absolute atomic E-state index is 0.0215. The summed E-state index contributed by atoms with van der Waals surface area (Å²) < 4.78 is 15.6. The third-order valence-corrected chi connectivity index (χ3v) is 5.25. The van der Waals surface area contributed by atoms with Gasteiger partial charge in [0.2, 0.25) is 5.91 Å². The Morgan fingerprint density at radius 2 is 1.60 bits per heavy atom. The van der Waals surface area contributed by atoms with E-state index < -0.39 is 17.6 Å². The Morgan fingerprint density at radius 3 is 2.40 bits per heavy atom. The van der Waals surface area contributed by atoms with Gasteiger partial charge < -0.3 is 0 Å². The molecule has 30 heavy (non-hydrogen) atoms. The topological polar surface area (TPSA) is 76.0 Å². The molecule has 4 aromatic rings. The zero-order valence-electron chi connectivity index (χ0n) is 15.7. The van der Waals surface area contributed by atoms with Crippen LogP contribution >= 0.6 is 11.8 Å². The third-order valence-electron chi connectivity index (χ3n) is 4.31. The van der Waals surface area contributed by atoms with Crippen molar-refractivity contribution in [1.82, 2.24) is 20.4 Å². The van der Waals surface area contributed by atoms with Crippen LogP contribution in [-0.4, -0.2) is 27.1 Å². The van der Waals surface area contributed by atoms with Gasteiger partial charge in [-0.15, -0.1) is 0 Å². The molecule has 0 unspecified atom stereocenters. The van der Waals surface area contributed by atoms with E-state index in [1.54, 1.807) is 6.07 Å². The minimum Gasteiger partial charge on any atom is -0.287 e. The molecule has 150 valence electrons. The largest absolute Gasteiger partial charge is 0.287 e. The second-order valence-electron chi connectivity index (χ2n) is 6.32. The molecule has 1 heterocycles. The summed E-state index contributed by atoms with van der Waals surface area (Å²) >= 11 is 1.24. The average Bonchev–Trinajstić information content (AvgIpc) is 3.15. The molecule has 0 atom stereocenters. The fourth-order valence-electron chi connectivity index (χ4n) is 2.93. The van der Waals surface area contributed by atoms with Crippen molar-refractivity contribution >= 4 is 34.6 Å². The first-order valence-corrected chi connectivity index (χ1v) is 10.1. The van der Waals surface area contributed by atoms with E-state index in [-0.39, 0.29) is 11.3 Å². The maximum Gasteiger partial charge on any atom is 0.272 e. The summed E-state index contributed by atoms with van der Waals surface area (Å²) in [6.07, 6.45) is 0. The van der Waals surface area contributed by atoms with E-state index in [4.69, 9.17) is 0 Å². The van der Waals surface area contributed by atoms with Crippen molar-refractivity contribution in [3.8, 4) is 5.69 Å². The predicted molar refractivity (Wildman–Crippen MR) is 114 cm³/mol. The molecular weight excluding hydrogens is 403 g/mol. The Hall–Kier alpha value is -3.65. The first-order valence-electron chi connectivity index (χ1n) is 9.13. The number of imidazole rings is 1. The average molecular weight is 420 g/mol. The molecule has 6 nitrogen and oxygen atoms in total. The zero-order chi connectivity index (χ0) is 20.9. The smallest absolute Gasteiger partial charge is 0.272 e. The number of nitrogens with one attached hydrogen (secondary N) is 2. The number of hydrogen-bond acceptors (Lipinski definition) is 4. The molecule has 3 aromatic carbocycles. The van der Waals surface area contributed by atoms with E-state index >= 15 is 0 Å². The monoisotopic (exact) mass is 420 g/mol. The van der Waals surface area contributed by atoms with E-state index in [0.29, 0.717) is 5.16 Å². The number of para-hydroxylation sites is 3. The molecule has 2 amide bonds. The molecule has 4 rings (SSSR count). The second-order valence-corrected chi connectivity index (χ2v) is 7.27. The van der Waals surface area contributed by atoms with Crippen LogP contribution < -0.4 is 10.9 Å². The van der Waals surface area contributed by atoms with Crippen LogP contribution in [0.2, 0.25) is 0 Å². The third kappa shape index (κ3) is 4.18. The number of carbonyl (C=O) groups is 2. The van der Waals surface area contributed by atoms with Crippen molar-refractivity contribution in [2.24, 2.45) is 0 Å². The van der Waals surface area contributed by atoms with Gasteiger partial charge in [-0.2, -0.15) is 0 Å². The number of nitrogens with zero attached hydrogens (tertiary/aromatic N) is 2. The van der Waals surface area contributed by atoms with Crippen LogP contribution in [0, 0.1) is 5.82 Å². The van der Waals surface area contributed by atoms with Gasteiger partial charge in [0.25, 0.3) is 5.91 Å². The molecule has 0 aliphatic heterocycles. The van der Waals surface area contributed by atoms with Crippen molar-refractivity contribution in [2.75, 3.05) is 5.75 Å². The zero-order valence-corrected chi connectivity index (χ0v) is 16.5. The molecule has 0 saturated heterocycles. The van der Waals surface area contributed by atoms with Crippen LogP contribution in [0.5, 0.6) is 0 Å². The normalized spacial score (nSPS) is 10.7. The van der Waals surface area contributed by atoms with E-state index in [0.717, 1.165) is 16.7 Å². The van der Waals surface area contributed by atoms with Gasteiger partial charge in [0.15, 0.2) is 5.16 Å². The lowest BCUT2D eigenvalue weighted by Crippen LogP contribution is -2.42. The molecular formula is C22H17FN4O2S. The van der Waals surface area contributed by atoms with Gasteiger partial charge in [0.1, 0.15) is 5.82 Å². The molecule has 0 saturated carbocycles. The van der Waals surface area contributed by atoms with Crippen molar-refractivity contribution in [3.05, 3.63) is 90.2 Å². The summed E-state index contributed by atoms with van der Waals surface area (Å²) in [5.41, 5.74) is 7.07. The number of carbonyl (C=O) groups excluding carboxylic acids is 2. The summed E-state index contributed by atoms with van der Waals surface area (Å²) in [5, 5.41) is 0.651. The Bertz CT molecular complexity index is 1210. The van der Waals surface area contributed by atoms with Gasteiger partial charge in [-0.25, -0.2) is 9.37 Å². The van der Waals surface area contributed by atoms with Crippen LogP contribution in [0.3, 0.4) is 0 Å². The molecule has 0 aliphatic carbocycles. The second kappa shape index (κ2) is 8.79. The molecule has 0 spiro atoms. The number of amides is 2. The fourth-order valence-corrected chi connectivity index (χ4v) is 3.76. The first kappa shape index (κ1) is 19.7. The number of rotatable bonds is 5. The van der Waals surface area contributed by atoms with E-state index in [1.807, 2.05) is 59.2 Å². The maximum atomic E-state index is 13.7. The summed E-state index contributed by atoms with van der Waals surface area (Å²) in [6, 6.07) is 23.0. The van der Waals surface area contributed by atoms with Crippen LogP contribution in [0.4, 0.5) is 4.39 Å². The summed E-state index contributed by atoms with van der Waals surface area (Å²) in [7, 11) is 0. The van der Waals surface area contributed by atoms with E-state index in [1.165, 1.54) is 30.0 Å². The van der Waals surface area contributed by atoms with Gasteiger partial charge in [-0.05, 0) is 36.4 Å². The van der Waals surface area contributed by atoms with Crippen LogP contribution in [0.1, 0.15) is 10.4 Å². The fraction of sp³-hybridized carbons (Fsp3) is 0.0455. The highest BCUT2D eigenvalue weighted by Gasteiger charge is 2.15. The highest BCUT2D eigenvalue weighted by Crippen LogP contribution is 2.27. The number of halogens is 1. The Labute approximate surface area is 176 Å². The Kier molecular flexibility index (Phi) is 5.76. The number of benzene rings is 3. The molecule has 2 N–H and O–H groups in total. The lowest BCUT2D eigenvalue weighted by Gasteiger charge is -2.10. The Morgan fingerprint density at radius 1 is 0.900 bits per heavy atom. The van der Waals surface area contributed by atoms with Gasteiger partial charge in [0, 0.05) is 5.69 Å². The number of aromatic nitrogens is 2. The summed E-state index contributed by atoms with van der Waals surface area (Å²) in [4.78, 5) is 28.9. The van der Waals surface area contributed by atoms with Crippen molar-refractivity contribution < 1.29 is 14.0 Å². The quantitative estimate of drug-likeness (QED) is 0.381. The van der Waals surface area contributed by atoms with Gasteiger partial charge in [-0.3, -0.25) is 25.0 Å². The lowest BCUT2D eigenvalue weighted by molar-refractivity contribution is -0.119. The van der Waals surface area contributed by atoms with Gasteiger partial charge in [-0.1, -0.05) is 54.2 Å². The van der Waals surface area contributed by atoms with E-state index in [9.17, 15) is 14.0 Å². The molecule has 0 bridgehead atoms. The van der Waals surface area contributed by atoms with Crippen molar-refractivity contribution in [3.63, 3.8) is 0 Å². The lowest BCUT2D eigenvalue weighted by atomic mass is 10.2. The number of hydrogen-bond donors (Lipinski definition) is 2. The number of hydrazine groups is 1. The van der Waals surface area contributed by atoms with Crippen LogP contribution in [-0.2, 0) is 4.79 Å². The summed E-state index contributed by atoms with van der Waals surface area (Å²) in [5.74, 6) is -1.79. The predicted octanol–water partition coefficient (Wildman–Crippen LogP) is 3.72. The molecule has 0 fully saturated rings. The molecule has 8 heteroatoms. The standard InChI is InChI=1S/C22H17FN4O2S/c23-17-11-5-4-10-16(17)21(29)26-25-20(28)14-30-22-24-18-12-6-7-13-19(18)27(22)15-8-2-1-3-9-15/h1-13H,14H2,(H,25,28)(H,26,29). The molecule has 0 radical (unpaired) electrons. The van der Waals surface area contributed by atoms with E-state index in [2.05, 4.69) is 15.8 Å².